The van der Waals surface area contributed by atoms with Crippen LogP contribution in [0.25, 0.3) is 45.0 Å². The molecule has 0 amide bonds. The standard InChI is InChI=1S/C20H28N.2C19H26N.C18H24N/c1-13(2)17-8-9-18(15(5)10-17)20-11-16(6)19(14(3)4)12-21(20)7;1-13(2)9-17-7-8-18(15(4)11-17)19-16(5)10-14(3)12-20(19)6;1-7-16-8-9-17(14(4)10-16)19-11-15(5)18(13(2)3)12-20(19)6;1-12(2)17-11-19(6)18(10-15(17)5)16-8-7-13(3)9-14(16)4/h8-14H,1-7H3;7-8,10-13H,9H2,1-6H3;8-13H,7H2,1-6H3;7-12H,1-6H3/q4*+1/i1D3,3D3,13D,14D;1D3,3D3,9D2,13D;1D3,2D3,13D;1D3,3D3,12D. The van der Waals surface area contributed by atoms with Crippen molar-refractivity contribution < 1.29 is 60.8 Å². The van der Waals surface area contributed by atoms with E-state index in [1.165, 1.54) is 33.8 Å². The predicted molar refractivity (Wildman–Crippen MR) is 344 cm³/mol. The van der Waals surface area contributed by atoms with Crippen molar-refractivity contribution in [2.45, 2.75) is 181 Å². The summed E-state index contributed by atoms with van der Waals surface area (Å²) in [6.45, 7) is 2.35. The zero-order valence-electron chi connectivity index (χ0n) is 81.0. The molecule has 0 aliphatic rings. The van der Waals surface area contributed by atoms with E-state index < -0.39 is 90.7 Å². The van der Waals surface area contributed by atoms with Crippen LogP contribution in [-0.2, 0) is 41.0 Å². The summed E-state index contributed by atoms with van der Waals surface area (Å²) in [7, 11) is 7.16. The van der Waals surface area contributed by atoms with Crippen LogP contribution in [0.3, 0.4) is 0 Å². The summed E-state index contributed by atoms with van der Waals surface area (Å²) in [5.41, 5.74) is 16.1. The third-order valence-corrected chi connectivity index (χ3v) is 14.1. The summed E-state index contributed by atoms with van der Waals surface area (Å²) in [6.07, 6.45) is 4.24. The van der Waals surface area contributed by atoms with E-state index in [9.17, 15) is 0 Å². The Morgan fingerprint density at radius 2 is 0.825 bits per heavy atom. The Labute approximate surface area is 531 Å². The van der Waals surface area contributed by atoms with Gasteiger partial charge < -0.3 is 0 Å². The smallest absolute Gasteiger partial charge is 0.201 e. The Bertz CT molecular complexity index is 4690. The van der Waals surface area contributed by atoms with Crippen LogP contribution >= 0.6 is 0 Å². The molecular weight excluding hydrogens is 969 g/mol. The maximum atomic E-state index is 8.38. The first-order chi connectivity index (χ1) is 49.6. The largest absolute Gasteiger partial charge is 0.215 e. The molecule has 80 heavy (non-hydrogen) atoms. The molecule has 0 aliphatic heterocycles. The molecule has 0 N–H and O–H groups in total. The van der Waals surface area contributed by atoms with Crippen LogP contribution in [0.4, 0.5) is 0 Å². The van der Waals surface area contributed by atoms with Crippen molar-refractivity contribution in [2.75, 3.05) is 0 Å². The number of hydrogen-bond acceptors (Lipinski definition) is 0. The molecule has 8 aromatic rings. The van der Waals surface area contributed by atoms with Crippen LogP contribution in [0.1, 0.15) is 231 Å². The minimum Gasteiger partial charge on any atom is -0.201 e. The molecule has 0 saturated heterocycles. The Kier molecular flexibility index (Phi) is 11.6. The fourth-order valence-corrected chi connectivity index (χ4v) is 10.0. The number of aromatic nitrogens is 4. The van der Waals surface area contributed by atoms with Gasteiger partial charge in [0, 0.05) is 111 Å². The lowest BCUT2D eigenvalue weighted by Crippen LogP contribution is -2.32. The van der Waals surface area contributed by atoms with Crippen LogP contribution in [0.2, 0.25) is 0 Å². The van der Waals surface area contributed by atoms with Gasteiger partial charge >= 0.3 is 0 Å². The summed E-state index contributed by atoms with van der Waals surface area (Å²) >= 11 is 0. The minimum absolute atomic E-state index is 0.0218. The average molecular weight is 1100 g/mol. The second-order valence-corrected chi connectivity index (χ2v) is 21.1. The number of nitrogens with zero attached hydrogens (tertiary/aromatic N) is 4. The van der Waals surface area contributed by atoms with Crippen molar-refractivity contribution >= 4 is 0 Å². The maximum absolute atomic E-state index is 8.38. The van der Waals surface area contributed by atoms with Crippen molar-refractivity contribution in [3.05, 3.63) is 211 Å². The SMILES string of the molecule is [2H]C([2H])([2H])C([2H])(C)c1ccc(-c2cc(C)c(C([2H])(C)C([2H])([2H])[2H])c[n+]2C)c(C)c1.[2H]C([2H])([2H])Cc1ccc(-c2cc(C)c(C([2H])(C)C([2H])([2H])[2H])c[n+]2C)c(C)c1.[2H]C([2H])([2H])c1cc(C)c(-c2ccc(C([2H])([2H])C([2H])(C)C([2H])([2H])[2H])cc2C)[n+](C)c1.[2H]C([2H])([2H])c1ccc(-c2cc(C)c(C([2H])(C)C([2H])([2H])[2H])c[n+]2C)c(C)c1. The van der Waals surface area contributed by atoms with Gasteiger partial charge in [0.05, 0.1) is 0 Å². The topological polar surface area (TPSA) is 15.5 Å². The molecule has 424 valence electrons. The van der Waals surface area contributed by atoms with Crippen molar-refractivity contribution in [1.82, 2.24) is 0 Å². The molecule has 4 heterocycles. The molecule has 0 saturated carbocycles. The number of rotatable bonds is 11. The van der Waals surface area contributed by atoms with E-state index in [4.69, 9.17) is 42.5 Å². The lowest BCUT2D eigenvalue weighted by Gasteiger charge is -2.13. The number of hydrogen-bond donors (Lipinski definition) is 0. The minimum atomic E-state index is -2.79. The van der Waals surface area contributed by atoms with Crippen LogP contribution < -0.4 is 18.3 Å². The molecule has 0 bridgehead atoms. The first-order valence-corrected chi connectivity index (χ1v) is 26.6. The summed E-state index contributed by atoms with van der Waals surface area (Å²) in [4.78, 5) is 0. The van der Waals surface area contributed by atoms with E-state index in [2.05, 4.69) is 0 Å². The Balaban J connectivity index is 0.000000265. The quantitative estimate of drug-likeness (QED) is 0.115. The molecule has 0 spiro atoms. The highest BCUT2D eigenvalue weighted by Gasteiger charge is 2.21. The van der Waals surface area contributed by atoms with Crippen molar-refractivity contribution in [3.63, 3.8) is 0 Å². The normalized spacial score (nSPS) is 22.0. The molecule has 0 radical (unpaired) electrons. The van der Waals surface area contributed by atoms with E-state index in [-0.39, 0.29) is 23.1 Å². The second kappa shape index (κ2) is 28.3. The molecule has 0 fully saturated rings. The third-order valence-electron chi connectivity index (χ3n) is 14.1. The predicted octanol–water partition coefficient (Wildman–Crippen LogP) is 18.1. The van der Waals surface area contributed by atoms with Gasteiger partial charge in [0.25, 0.3) is 0 Å². The first kappa shape index (κ1) is 32.8. The van der Waals surface area contributed by atoms with Gasteiger partial charge in [-0.3, -0.25) is 0 Å². The van der Waals surface area contributed by atoms with E-state index in [0.29, 0.717) is 38.9 Å². The highest BCUT2D eigenvalue weighted by Crippen LogP contribution is 2.31. The molecule has 0 aliphatic carbocycles. The monoisotopic (exact) mass is 1100 g/mol. The van der Waals surface area contributed by atoms with Gasteiger partial charge in [0.1, 0.15) is 28.2 Å². The number of aryl methyl sites for hydroxylation is 15. The van der Waals surface area contributed by atoms with E-state index in [1.807, 2.05) is 82.6 Å². The Hall–Kier alpha value is -6.52. The highest BCUT2D eigenvalue weighted by molar-refractivity contribution is 5.66. The van der Waals surface area contributed by atoms with Gasteiger partial charge in [-0.1, -0.05) is 130 Å². The summed E-state index contributed by atoms with van der Waals surface area (Å²) < 4.78 is 248. The Morgan fingerprint density at radius 3 is 1.25 bits per heavy atom. The second-order valence-electron chi connectivity index (χ2n) is 21.1. The van der Waals surface area contributed by atoms with Gasteiger partial charge in [-0.2, -0.15) is 0 Å². The van der Waals surface area contributed by atoms with Crippen LogP contribution in [-0.4, -0.2) is 0 Å². The van der Waals surface area contributed by atoms with Gasteiger partial charge in [0.2, 0.25) is 22.8 Å². The Morgan fingerprint density at radius 1 is 0.400 bits per heavy atom. The lowest BCUT2D eigenvalue weighted by atomic mass is 9.94. The first-order valence-electron chi connectivity index (χ1n) is 42.1. The summed E-state index contributed by atoms with van der Waals surface area (Å²) in [5, 5.41) is 0. The van der Waals surface area contributed by atoms with E-state index >= 15 is 0 Å². The molecular formula is C76H104N4+4. The molecule has 4 aromatic carbocycles. The molecule has 4 aromatic heterocycles. The highest BCUT2D eigenvalue weighted by atomic mass is 14.9. The maximum Gasteiger partial charge on any atom is 0.215 e. The number of benzene rings is 4. The molecule has 8 rings (SSSR count). The van der Waals surface area contributed by atoms with Crippen LogP contribution in [0.5, 0.6) is 0 Å². The third kappa shape index (κ3) is 16.3. The van der Waals surface area contributed by atoms with E-state index in [1.54, 1.807) is 135 Å². The van der Waals surface area contributed by atoms with Crippen LogP contribution in [0, 0.1) is 75.0 Å². The lowest BCUT2D eigenvalue weighted by molar-refractivity contribution is -0.661. The summed E-state index contributed by atoms with van der Waals surface area (Å²) in [5.74, 6) is -9.20. The van der Waals surface area contributed by atoms with Crippen molar-refractivity contribution in [1.29, 1.82) is 0 Å². The van der Waals surface area contributed by atoms with Crippen molar-refractivity contribution in [3.8, 4) is 45.0 Å². The van der Waals surface area contributed by atoms with Gasteiger partial charge in [-0.25, -0.2) is 18.3 Å². The molecule has 5 atom stereocenters. The van der Waals surface area contributed by atoms with Crippen molar-refractivity contribution in [2.24, 2.45) is 34.1 Å². The van der Waals surface area contributed by atoms with Gasteiger partial charge in [-0.15, -0.1) is 0 Å². The van der Waals surface area contributed by atoms with Crippen LogP contribution in [0.15, 0.2) is 122 Å². The zero-order valence-corrected chi connectivity index (χ0v) is 50.0. The zero-order chi connectivity index (χ0) is 86.0. The number of pyridine rings is 4. The average Bonchev–Trinajstić information content (AvgIpc) is 0.758. The molecule has 5 unspecified atom stereocenters. The molecule has 4 nitrogen and oxygen atoms in total. The van der Waals surface area contributed by atoms with Gasteiger partial charge in [-0.05, 0) is 197 Å². The van der Waals surface area contributed by atoms with Gasteiger partial charge in [0.15, 0.2) is 24.8 Å². The molecule has 4 heteroatoms. The fourth-order valence-electron chi connectivity index (χ4n) is 10.0. The summed E-state index contributed by atoms with van der Waals surface area (Å²) in [6, 6.07) is 27.7. The fraction of sp³-hybridized carbons (Fsp3) is 0.421. The van der Waals surface area contributed by atoms with E-state index in [0.717, 1.165) is 85.3 Å².